The van der Waals surface area contributed by atoms with E-state index >= 15 is 0 Å². The molecular weight excluding hydrogens is 426 g/mol. The SMILES string of the molecule is Cc1c(C(=O)OC(C)C)sc(NC(=O)C=Cc2ccccc2Cl)c1C(=O)OC(C)C. The van der Waals surface area contributed by atoms with Crippen LogP contribution < -0.4 is 5.32 Å². The fourth-order valence-corrected chi connectivity index (χ4v) is 3.79. The zero-order chi connectivity index (χ0) is 22.4. The van der Waals surface area contributed by atoms with Crippen molar-refractivity contribution in [1.82, 2.24) is 0 Å². The van der Waals surface area contributed by atoms with Gasteiger partial charge >= 0.3 is 11.9 Å². The second kappa shape index (κ2) is 10.4. The molecule has 0 radical (unpaired) electrons. The smallest absolute Gasteiger partial charge is 0.348 e. The average Bonchev–Trinajstić information content (AvgIpc) is 2.96. The lowest BCUT2D eigenvalue weighted by atomic mass is 10.1. The van der Waals surface area contributed by atoms with E-state index in [0.29, 0.717) is 16.1 Å². The first-order valence-corrected chi connectivity index (χ1v) is 10.6. The molecule has 0 spiro atoms. The van der Waals surface area contributed by atoms with Crippen LogP contribution in [0.15, 0.2) is 30.3 Å². The predicted octanol–water partition coefficient (Wildman–Crippen LogP) is 5.49. The van der Waals surface area contributed by atoms with E-state index in [1.54, 1.807) is 65.0 Å². The van der Waals surface area contributed by atoms with Gasteiger partial charge in [-0.25, -0.2) is 9.59 Å². The van der Waals surface area contributed by atoms with Gasteiger partial charge < -0.3 is 14.8 Å². The molecule has 0 bridgehead atoms. The number of hydrogen-bond acceptors (Lipinski definition) is 6. The summed E-state index contributed by atoms with van der Waals surface area (Å²) in [4.78, 5) is 37.7. The van der Waals surface area contributed by atoms with Crippen molar-refractivity contribution < 1.29 is 23.9 Å². The number of thiophene rings is 1. The van der Waals surface area contributed by atoms with Crippen LogP contribution in [0.1, 0.15) is 58.9 Å². The number of carbonyl (C=O) groups is 3. The largest absolute Gasteiger partial charge is 0.459 e. The summed E-state index contributed by atoms with van der Waals surface area (Å²) in [7, 11) is 0. The normalized spacial score (nSPS) is 11.2. The Bertz CT molecular complexity index is 978. The van der Waals surface area contributed by atoms with Gasteiger partial charge in [-0.2, -0.15) is 0 Å². The molecule has 0 aliphatic rings. The second-order valence-electron chi connectivity index (χ2n) is 7.01. The highest BCUT2D eigenvalue weighted by atomic mass is 35.5. The van der Waals surface area contributed by atoms with Crippen molar-refractivity contribution >= 4 is 51.9 Å². The molecule has 1 aromatic carbocycles. The number of amides is 1. The fourth-order valence-electron chi connectivity index (χ4n) is 2.51. The van der Waals surface area contributed by atoms with Crippen molar-refractivity contribution in [3.8, 4) is 0 Å². The Morgan fingerprint density at radius 3 is 2.23 bits per heavy atom. The lowest BCUT2D eigenvalue weighted by Gasteiger charge is -2.10. The maximum Gasteiger partial charge on any atom is 0.348 e. The van der Waals surface area contributed by atoms with Crippen LogP contribution in [0.4, 0.5) is 5.00 Å². The fraction of sp³-hybridized carbons (Fsp3) is 0.318. The van der Waals surface area contributed by atoms with Crippen molar-refractivity contribution in [2.75, 3.05) is 5.32 Å². The summed E-state index contributed by atoms with van der Waals surface area (Å²) in [6.45, 7) is 8.53. The third-order valence-corrected chi connectivity index (χ3v) is 5.31. The summed E-state index contributed by atoms with van der Waals surface area (Å²) in [6.07, 6.45) is 2.20. The van der Waals surface area contributed by atoms with Crippen molar-refractivity contribution in [1.29, 1.82) is 0 Å². The Labute approximate surface area is 184 Å². The molecule has 8 heteroatoms. The summed E-state index contributed by atoms with van der Waals surface area (Å²) >= 11 is 7.07. The highest BCUT2D eigenvalue weighted by molar-refractivity contribution is 7.18. The van der Waals surface area contributed by atoms with E-state index in [4.69, 9.17) is 21.1 Å². The van der Waals surface area contributed by atoms with Crippen LogP contribution in [0.25, 0.3) is 6.08 Å². The van der Waals surface area contributed by atoms with E-state index in [1.165, 1.54) is 6.08 Å². The number of rotatable bonds is 7. The van der Waals surface area contributed by atoms with Crippen LogP contribution in [0.5, 0.6) is 0 Å². The Hall–Kier alpha value is -2.64. The Kier molecular flexibility index (Phi) is 8.20. The van der Waals surface area contributed by atoms with Gasteiger partial charge in [0.25, 0.3) is 0 Å². The van der Waals surface area contributed by atoms with Gasteiger partial charge in [0.15, 0.2) is 0 Å². The topological polar surface area (TPSA) is 81.7 Å². The summed E-state index contributed by atoms with van der Waals surface area (Å²) < 4.78 is 10.5. The monoisotopic (exact) mass is 449 g/mol. The molecule has 0 fully saturated rings. The quantitative estimate of drug-likeness (QED) is 0.446. The van der Waals surface area contributed by atoms with E-state index in [-0.39, 0.29) is 27.6 Å². The first kappa shape index (κ1) is 23.6. The molecule has 0 atom stereocenters. The molecule has 1 heterocycles. The molecule has 2 aromatic rings. The molecule has 30 heavy (non-hydrogen) atoms. The van der Waals surface area contributed by atoms with Gasteiger partial charge in [0.1, 0.15) is 9.88 Å². The third-order valence-electron chi connectivity index (χ3n) is 3.78. The highest BCUT2D eigenvalue weighted by Gasteiger charge is 2.28. The molecule has 6 nitrogen and oxygen atoms in total. The molecular formula is C22H24ClNO5S. The molecule has 1 amide bonds. The summed E-state index contributed by atoms with van der Waals surface area (Å²) in [6, 6.07) is 7.08. The lowest BCUT2D eigenvalue weighted by molar-refractivity contribution is -0.111. The first-order chi connectivity index (χ1) is 14.1. The van der Waals surface area contributed by atoms with Gasteiger partial charge in [0.2, 0.25) is 5.91 Å². The number of anilines is 1. The van der Waals surface area contributed by atoms with Gasteiger partial charge in [-0.1, -0.05) is 29.8 Å². The van der Waals surface area contributed by atoms with Gasteiger partial charge in [0, 0.05) is 11.1 Å². The molecule has 0 aliphatic carbocycles. The van der Waals surface area contributed by atoms with Crippen LogP contribution in [-0.2, 0) is 14.3 Å². The van der Waals surface area contributed by atoms with Crippen molar-refractivity contribution in [2.24, 2.45) is 0 Å². The molecule has 1 aromatic heterocycles. The first-order valence-electron chi connectivity index (χ1n) is 9.39. The van der Waals surface area contributed by atoms with Gasteiger partial charge in [-0.3, -0.25) is 4.79 Å². The summed E-state index contributed by atoms with van der Waals surface area (Å²) in [5.41, 5.74) is 1.22. The van der Waals surface area contributed by atoms with Gasteiger partial charge in [0.05, 0.1) is 17.8 Å². The van der Waals surface area contributed by atoms with E-state index in [9.17, 15) is 14.4 Å². The third kappa shape index (κ3) is 6.18. The van der Waals surface area contributed by atoms with E-state index in [0.717, 1.165) is 11.3 Å². The zero-order valence-electron chi connectivity index (χ0n) is 17.4. The molecule has 0 saturated carbocycles. The summed E-state index contributed by atoms with van der Waals surface area (Å²) in [5, 5.41) is 3.40. The zero-order valence-corrected chi connectivity index (χ0v) is 19.0. The number of nitrogens with one attached hydrogen (secondary N) is 1. The minimum absolute atomic E-state index is 0.142. The number of ether oxygens (including phenoxy) is 2. The molecule has 0 aliphatic heterocycles. The van der Waals surface area contributed by atoms with E-state index < -0.39 is 17.8 Å². The maximum absolute atomic E-state index is 12.6. The number of esters is 2. The van der Waals surface area contributed by atoms with E-state index in [2.05, 4.69) is 5.32 Å². The minimum Gasteiger partial charge on any atom is -0.459 e. The molecule has 160 valence electrons. The Balaban J connectivity index is 2.34. The molecule has 0 saturated heterocycles. The second-order valence-corrected chi connectivity index (χ2v) is 8.44. The average molecular weight is 450 g/mol. The number of benzene rings is 1. The van der Waals surface area contributed by atoms with Crippen molar-refractivity contribution in [2.45, 2.75) is 46.8 Å². The number of hydrogen-bond donors (Lipinski definition) is 1. The Morgan fingerprint density at radius 1 is 1.03 bits per heavy atom. The van der Waals surface area contributed by atoms with Gasteiger partial charge in [-0.15, -0.1) is 11.3 Å². The van der Waals surface area contributed by atoms with Crippen LogP contribution in [0.3, 0.4) is 0 Å². The highest BCUT2D eigenvalue weighted by Crippen LogP contribution is 2.34. The Morgan fingerprint density at radius 2 is 1.63 bits per heavy atom. The molecule has 2 rings (SSSR count). The standard InChI is InChI=1S/C22H24ClNO5S/c1-12(2)28-21(26)18-14(5)19(22(27)29-13(3)4)30-20(18)24-17(25)11-10-15-8-6-7-9-16(15)23/h6-13H,1-5H3,(H,24,25). The number of halogens is 1. The van der Waals surface area contributed by atoms with Crippen molar-refractivity contribution in [3.63, 3.8) is 0 Å². The van der Waals surface area contributed by atoms with Crippen LogP contribution in [0.2, 0.25) is 5.02 Å². The molecule has 0 unspecified atom stereocenters. The van der Waals surface area contributed by atoms with E-state index in [1.807, 2.05) is 0 Å². The number of carbonyl (C=O) groups excluding carboxylic acids is 3. The van der Waals surface area contributed by atoms with Crippen LogP contribution in [0, 0.1) is 6.92 Å². The van der Waals surface area contributed by atoms with Crippen LogP contribution >= 0.6 is 22.9 Å². The van der Waals surface area contributed by atoms with Crippen molar-refractivity contribution in [3.05, 3.63) is 56.9 Å². The van der Waals surface area contributed by atoms with Gasteiger partial charge in [-0.05, 0) is 57.9 Å². The van der Waals surface area contributed by atoms with Crippen LogP contribution in [-0.4, -0.2) is 30.1 Å². The predicted molar refractivity (Wildman–Crippen MR) is 119 cm³/mol. The molecule has 1 N–H and O–H groups in total. The maximum atomic E-state index is 12.6. The minimum atomic E-state index is -0.618. The summed E-state index contributed by atoms with van der Waals surface area (Å²) in [5.74, 6) is -1.65. The lowest BCUT2D eigenvalue weighted by Crippen LogP contribution is -2.16.